The van der Waals surface area contributed by atoms with Crippen LogP contribution < -0.4 is 14.4 Å². The molecule has 0 heterocycles. The predicted octanol–water partition coefficient (Wildman–Crippen LogP) is 3.44. The Morgan fingerprint density at radius 2 is 1.53 bits per heavy atom. The molecule has 2 rings (SSSR count). The van der Waals surface area contributed by atoms with Gasteiger partial charge in [-0.05, 0) is 23.8 Å². The van der Waals surface area contributed by atoms with Crippen molar-refractivity contribution < 1.29 is 9.47 Å². The second-order valence-corrected chi connectivity index (χ2v) is 4.48. The molecule has 0 aromatic heterocycles. The number of nitrogens with zero attached hydrogens (tertiary/aromatic N) is 1. The summed E-state index contributed by atoms with van der Waals surface area (Å²) in [5.41, 5.74) is 3.32. The summed E-state index contributed by atoms with van der Waals surface area (Å²) in [6.45, 7) is 0. The van der Waals surface area contributed by atoms with Crippen molar-refractivity contribution >= 4 is 5.69 Å². The number of para-hydroxylation sites is 1. The maximum Gasteiger partial charge on any atom is 0.168 e. The molecule has 0 atom stereocenters. The predicted molar refractivity (Wildman–Crippen MR) is 79.3 cm³/mol. The summed E-state index contributed by atoms with van der Waals surface area (Å²) in [4.78, 5) is 2.08. The summed E-state index contributed by atoms with van der Waals surface area (Å²) >= 11 is 0. The first-order valence-corrected chi connectivity index (χ1v) is 6.16. The summed E-state index contributed by atoms with van der Waals surface area (Å²) < 4.78 is 10.8. The number of hydrogen-bond donors (Lipinski definition) is 0. The molecule has 0 amide bonds. The number of ether oxygens (including phenoxy) is 2. The van der Waals surface area contributed by atoms with Gasteiger partial charge < -0.3 is 14.4 Å². The fraction of sp³-hybridized carbons (Fsp3) is 0.250. The van der Waals surface area contributed by atoms with Gasteiger partial charge in [-0.2, -0.15) is 0 Å². The zero-order valence-electron chi connectivity index (χ0n) is 11.8. The van der Waals surface area contributed by atoms with E-state index < -0.39 is 0 Å². The van der Waals surface area contributed by atoms with Crippen molar-refractivity contribution in [1.82, 2.24) is 0 Å². The van der Waals surface area contributed by atoms with Crippen molar-refractivity contribution in [2.75, 3.05) is 33.2 Å². The zero-order valence-corrected chi connectivity index (χ0v) is 11.8. The summed E-state index contributed by atoms with van der Waals surface area (Å²) in [7, 11) is 7.37. The van der Waals surface area contributed by atoms with Gasteiger partial charge in [0.25, 0.3) is 0 Å². The largest absolute Gasteiger partial charge is 0.493 e. The molecule has 0 N–H and O–H groups in total. The zero-order chi connectivity index (χ0) is 13.8. The molecule has 0 aliphatic rings. The van der Waals surface area contributed by atoms with E-state index in [2.05, 4.69) is 29.2 Å². The van der Waals surface area contributed by atoms with Crippen LogP contribution in [0.3, 0.4) is 0 Å². The lowest BCUT2D eigenvalue weighted by Gasteiger charge is -2.15. The molecule has 2 aromatic carbocycles. The van der Waals surface area contributed by atoms with Crippen molar-refractivity contribution in [2.24, 2.45) is 0 Å². The highest BCUT2D eigenvalue weighted by atomic mass is 16.5. The molecular formula is C16H19NO2. The molecule has 0 radical (unpaired) electrons. The minimum absolute atomic E-state index is 0.747. The minimum Gasteiger partial charge on any atom is -0.493 e. The van der Waals surface area contributed by atoms with Gasteiger partial charge in [0.2, 0.25) is 0 Å². The quantitative estimate of drug-likeness (QED) is 0.837. The molecule has 3 nitrogen and oxygen atoms in total. The van der Waals surface area contributed by atoms with Gasteiger partial charge in [-0.3, -0.25) is 0 Å². The Morgan fingerprint density at radius 1 is 0.842 bits per heavy atom. The molecule has 0 unspecified atom stereocenters. The lowest BCUT2D eigenvalue weighted by molar-refractivity contribution is 0.356. The third kappa shape index (κ3) is 2.65. The van der Waals surface area contributed by atoms with Gasteiger partial charge in [-0.15, -0.1) is 0 Å². The van der Waals surface area contributed by atoms with Gasteiger partial charge in [0.15, 0.2) is 11.5 Å². The van der Waals surface area contributed by atoms with Crippen molar-refractivity contribution in [3.05, 3.63) is 42.5 Å². The topological polar surface area (TPSA) is 21.7 Å². The van der Waals surface area contributed by atoms with Gasteiger partial charge >= 0.3 is 0 Å². The van der Waals surface area contributed by atoms with Gasteiger partial charge in [0, 0.05) is 25.3 Å². The van der Waals surface area contributed by atoms with Crippen LogP contribution in [0.15, 0.2) is 42.5 Å². The van der Waals surface area contributed by atoms with E-state index in [4.69, 9.17) is 9.47 Å². The molecule has 0 aliphatic heterocycles. The molecule has 100 valence electrons. The van der Waals surface area contributed by atoms with Crippen LogP contribution in [0.1, 0.15) is 0 Å². The fourth-order valence-corrected chi connectivity index (χ4v) is 2.05. The van der Waals surface area contributed by atoms with E-state index in [-0.39, 0.29) is 0 Å². The molecule has 0 spiro atoms. The fourth-order valence-electron chi connectivity index (χ4n) is 2.05. The lowest BCUT2D eigenvalue weighted by Crippen LogP contribution is -2.07. The smallest absolute Gasteiger partial charge is 0.168 e. The van der Waals surface area contributed by atoms with Crippen LogP contribution in [-0.2, 0) is 0 Å². The van der Waals surface area contributed by atoms with Gasteiger partial charge in [0.1, 0.15) is 0 Å². The maximum absolute atomic E-state index is 5.46. The normalized spacial score (nSPS) is 10.1. The Kier molecular flexibility index (Phi) is 3.95. The first kappa shape index (κ1) is 13.3. The van der Waals surface area contributed by atoms with Crippen molar-refractivity contribution in [2.45, 2.75) is 0 Å². The maximum atomic E-state index is 5.46. The van der Waals surface area contributed by atoms with Crippen LogP contribution >= 0.6 is 0 Å². The van der Waals surface area contributed by atoms with Crippen molar-refractivity contribution in [1.29, 1.82) is 0 Å². The van der Waals surface area contributed by atoms with Gasteiger partial charge in [0.05, 0.1) is 14.2 Å². The second-order valence-electron chi connectivity index (χ2n) is 4.48. The van der Waals surface area contributed by atoms with Crippen LogP contribution in [0.2, 0.25) is 0 Å². The summed E-state index contributed by atoms with van der Waals surface area (Å²) in [5.74, 6) is 1.51. The lowest BCUT2D eigenvalue weighted by atomic mass is 10.0. The Labute approximate surface area is 114 Å². The van der Waals surface area contributed by atoms with Crippen molar-refractivity contribution in [3.63, 3.8) is 0 Å². The van der Waals surface area contributed by atoms with E-state index >= 15 is 0 Å². The third-order valence-electron chi connectivity index (χ3n) is 3.10. The standard InChI is InChI=1S/C16H19NO2/c1-17(2)13-10-8-12(9-11-13)14-6-5-7-15(18-3)16(14)19-4/h5-11H,1-4H3. The average Bonchev–Trinajstić information content (AvgIpc) is 2.46. The third-order valence-corrected chi connectivity index (χ3v) is 3.10. The highest BCUT2D eigenvalue weighted by molar-refractivity contribution is 5.75. The Hall–Kier alpha value is -2.16. The Morgan fingerprint density at radius 3 is 2.05 bits per heavy atom. The van der Waals surface area contributed by atoms with E-state index in [1.54, 1.807) is 14.2 Å². The molecule has 0 bridgehead atoms. The van der Waals surface area contributed by atoms with Crippen molar-refractivity contribution in [3.8, 4) is 22.6 Å². The van der Waals surface area contributed by atoms with E-state index in [0.29, 0.717) is 0 Å². The van der Waals surface area contributed by atoms with E-state index in [1.165, 1.54) is 5.69 Å². The second kappa shape index (κ2) is 5.65. The first-order chi connectivity index (χ1) is 9.17. The SMILES string of the molecule is COc1cccc(-c2ccc(N(C)C)cc2)c1OC. The average molecular weight is 257 g/mol. The summed E-state index contributed by atoms with van der Waals surface area (Å²) in [6.07, 6.45) is 0. The van der Waals surface area contributed by atoms with Crippen LogP contribution in [0.5, 0.6) is 11.5 Å². The molecule has 3 heteroatoms. The van der Waals surface area contributed by atoms with E-state index in [9.17, 15) is 0 Å². The Balaban J connectivity index is 2.46. The highest BCUT2D eigenvalue weighted by Crippen LogP contribution is 2.38. The van der Waals surface area contributed by atoms with Gasteiger partial charge in [-0.25, -0.2) is 0 Å². The van der Waals surface area contributed by atoms with E-state index in [0.717, 1.165) is 22.6 Å². The van der Waals surface area contributed by atoms with E-state index in [1.807, 2.05) is 32.3 Å². The number of anilines is 1. The molecule has 0 fully saturated rings. The molecule has 0 aliphatic carbocycles. The number of benzene rings is 2. The minimum atomic E-state index is 0.747. The number of hydrogen-bond acceptors (Lipinski definition) is 3. The van der Waals surface area contributed by atoms with Crippen LogP contribution in [0.25, 0.3) is 11.1 Å². The number of methoxy groups -OCH3 is 2. The molecule has 0 saturated heterocycles. The monoisotopic (exact) mass is 257 g/mol. The molecule has 0 saturated carbocycles. The summed E-state index contributed by atoms with van der Waals surface area (Å²) in [5, 5.41) is 0. The first-order valence-electron chi connectivity index (χ1n) is 6.16. The Bertz CT molecular complexity index is 547. The van der Waals surface area contributed by atoms with Gasteiger partial charge in [-0.1, -0.05) is 24.3 Å². The van der Waals surface area contributed by atoms with Crippen LogP contribution in [-0.4, -0.2) is 28.3 Å². The number of rotatable bonds is 4. The van der Waals surface area contributed by atoms with Crippen LogP contribution in [0, 0.1) is 0 Å². The molecular weight excluding hydrogens is 238 g/mol. The molecule has 19 heavy (non-hydrogen) atoms. The summed E-state index contributed by atoms with van der Waals surface area (Å²) in [6, 6.07) is 14.3. The van der Waals surface area contributed by atoms with Crippen LogP contribution in [0.4, 0.5) is 5.69 Å². The molecule has 2 aromatic rings. The highest BCUT2D eigenvalue weighted by Gasteiger charge is 2.11.